The van der Waals surface area contributed by atoms with Crippen molar-refractivity contribution in [3.8, 4) is 11.5 Å². The van der Waals surface area contributed by atoms with Gasteiger partial charge in [0.05, 0.1) is 17.7 Å². The molecule has 2 unspecified atom stereocenters. The molecule has 0 aliphatic heterocycles. The summed E-state index contributed by atoms with van der Waals surface area (Å²) in [7, 11) is 0. The van der Waals surface area contributed by atoms with Crippen LogP contribution in [-0.2, 0) is 14.3 Å². The smallest absolute Gasteiger partial charge is 0.343 e. The van der Waals surface area contributed by atoms with E-state index < -0.39 is 24.2 Å². The van der Waals surface area contributed by atoms with Crippen LogP contribution in [0.5, 0.6) is 11.5 Å². The molecule has 0 aromatic heterocycles. The molecule has 7 nitrogen and oxygen atoms in total. The van der Waals surface area contributed by atoms with Gasteiger partial charge in [0.15, 0.2) is 0 Å². The lowest BCUT2D eigenvalue weighted by Crippen LogP contribution is -2.23. The first-order chi connectivity index (χ1) is 20.9. The normalized spacial score (nSPS) is 12.2. The van der Waals surface area contributed by atoms with Crippen LogP contribution in [-0.4, -0.2) is 30.8 Å². The quantitative estimate of drug-likeness (QED) is 0.0441. The Hall–Kier alpha value is -3.61. The van der Waals surface area contributed by atoms with Gasteiger partial charge >= 0.3 is 17.9 Å². The molecule has 2 atom stereocenters. The van der Waals surface area contributed by atoms with Crippen LogP contribution in [0.2, 0.25) is 0 Å². The number of carbonyl (C=O) groups is 3. The molecule has 0 spiro atoms. The molecule has 0 aliphatic carbocycles. The van der Waals surface area contributed by atoms with Gasteiger partial charge in [-0.15, -0.1) is 0 Å². The van der Waals surface area contributed by atoms with Gasteiger partial charge in [0.1, 0.15) is 11.5 Å². The minimum atomic E-state index is -0.739. The van der Waals surface area contributed by atoms with E-state index in [1.54, 1.807) is 48.5 Å². The Kier molecular flexibility index (Phi) is 17.5. The van der Waals surface area contributed by atoms with Gasteiger partial charge in [-0.3, -0.25) is 0 Å². The topological polar surface area (TPSA) is 88.1 Å². The van der Waals surface area contributed by atoms with Crippen molar-refractivity contribution in [3.63, 3.8) is 0 Å². The van der Waals surface area contributed by atoms with Crippen molar-refractivity contribution >= 4 is 17.9 Å². The summed E-state index contributed by atoms with van der Waals surface area (Å²) in [5.41, 5.74) is 0.721. The first kappa shape index (κ1) is 35.6. The van der Waals surface area contributed by atoms with Crippen molar-refractivity contribution in [1.29, 1.82) is 0 Å². The first-order valence-electron chi connectivity index (χ1n) is 15.9. The molecule has 0 N–H and O–H groups in total. The molecule has 7 heteroatoms. The molecule has 43 heavy (non-hydrogen) atoms. The molecule has 0 saturated heterocycles. The summed E-state index contributed by atoms with van der Waals surface area (Å²) in [6.07, 6.45) is 15.4. The summed E-state index contributed by atoms with van der Waals surface area (Å²) in [6, 6.07) is 12.7. The highest BCUT2D eigenvalue weighted by molar-refractivity contribution is 5.92. The van der Waals surface area contributed by atoms with E-state index in [1.165, 1.54) is 51.4 Å². The highest BCUT2D eigenvalue weighted by Crippen LogP contribution is 2.21. The third-order valence-electron chi connectivity index (χ3n) is 7.31. The lowest BCUT2D eigenvalue weighted by atomic mass is 10.1. The second kappa shape index (κ2) is 21.1. The molecule has 0 aliphatic rings. The van der Waals surface area contributed by atoms with Crippen molar-refractivity contribution in [3.05, 3.63) is 72.3 Å². The maximum atomic E-state index is 12.7. The molecule has 2 aromatic carbocycles. The van der Waals surface area contributed by atoms with Gasteiger partial charge in [-0.05, 0) is 60.9 Å². The molecule has 0 fully saturated rings. The highest BCUT2D eigenvalue weighted by Gasteiger charge is 2.16. The van der Waals surface area contributed by atoms with E-state index >= 15 is 0 Å². The maximum absolute atomic E-state index is 12.7. The molecule has 0 saturated carbocycles. The standard InChI is InChI=1S/C36H50O7/c1-5-8-9-10-11-12-13-14-15-16-17-18-34(43-33(37)7-3)41-31-23-21-30(22-24-31)36(39)42-32-25-19-29(20-26-32)35(38)40-27-28(4)6-2/h7,19-26,28,34H,3,5-6,8-18,27H2,1-2,4H3. The Morgan fingerprint density at radius 2 is 1.23 bits per heavy atom. The fraction of sp³-hybridized carbons (Fsp3) is 0.528. The molecular weight excluding hydrogens is 544 g/mol. The van der Waals surface area contributed by atoms with Gasteiger partial charge in [0.25, 0.3) is 0 Å². The Labute approximate surface area is 257 Å². The average Bonchev–Trinajstić information content (AvgIpc) is 3.02. The first-order valence-corrected chi connectivity index (χ1v) is 15.9. The maximum Gasteiger partial charge on any atom is 0.343 e. The SMILES string of the molecule is C=CC(=O)OC(CCCCCCCCCCCCC)Oc1ccc(C(=O)Oc2ccc(C(=O)OCC(C)CC)cc2)cc1. The van der Waals surface area contributed by atoms with Crippen LogP contribution >= 0.6 is 0 Å². The van der Waals surface area contributed by atoms with Crippen LogP contribution in [0.4, 0.5) is 0 Å². The summed E-state index contributed by atoms with van der Waals surface area (Å²) in [5, 5.41) is 0. The number of benzene rings is 2. The Morgan fingerprint density at radius 3 is 1.77 bits per heavy atom. The van der Waals surface area contributed by atoms with E-state index in [-0.39, 0.29) is 0 Å². The summed E-state index contributed by atoms with van der Waals surface area (Å²) in [4.78, 5) is 36.7. The number of esters is 3. The Balaban J connectivity index is 1.79. The third-order valence-corrected chi connectivity index (χ3v) is 7.31. The molecule has 2 rings (SSSR count). The zero-order chi connectivity index (χ0) is 31.3. The van der Waals surface area contributed by atoms with E-state index in [0.29, 0.717) is 41.6 Å². The van der Waals surface area contributed by atoms with Gasteiger partial charge in [0.2, 0.25) is 6.29 Å². The minimum absolute atomic E-state index is 0.295. The van der Waals surface area contributed by atoms with Crippen LogP contribution in [0.3, 0.4) is 0 Å². The zero-order valence-corrected chi connectivity index (χ0v) is 26.3. The number of rotatable bonds is 22. The van der Waals surface area contributed by atoms with Gasteiger partial charge in [-0.1, -0.05) is 98.0 Å². The molecule has 0 amide bonds. The lowest BCUT2D eigenvalue weighted by Gasteiger charge is -2.19. The van der Waals surface area contributed by atoms with Crippen molar-refractivity contribution in [2.75, 3.05) is 6.61 Å². The van der Waals surface area contributed by atoms with E-state index in [0.717, 1.165) is 31.8 Å². The van der Waals surface area contributed by atoms with E-state index in [9.17, 15) is 14.4 Å². The summed E-state index contributed by atoms with van der Waals surface area (Å²) in [5.74, 6) is -0.413. The van der Waals surface area contributed by atoms with E-state index in [4.69, 9.17) is 18.9 Å². The summed E-state index contributed by atoms with van der Waals surface area (Å²) >= 11 is 0. The number of carbonyl (C=O) groups excluding carboxylic acids is 3. The molecular formula is C36H50O7. The van der Waals surface area contributed by atoms with Gasteiger partial charge in [-0.2, -0.15) is 0 Å². The van der Waals surface area contributed by atoms with Crippen LogP contribution < -0.4 is 9.47 Å². The fourth-order valence-electron chi connectivity index (χ4n) is 4.36. The van der Waals surface area contributed by atoms with Crippen LogP contribution in [0.15, 0.2) is 61.2 Å². The summed E-state index contributed by atoms with van der Waals surface area (Å²) < 4.78 is 22.1. The lowest BCUT2D eigenvalue weighted by molar-refractivity contribution is -0.158. The van der Waals surface area contributed by atoms with Gasteiger partial charge in [-0.25, -0.2) is 14.4 Å². The van der Waals surface area contributed by atoms with Crippen molar-refractivity contribution < 1.29 is 33.3 Å². The highest BCUT2D eigenvalue weighted by atomic mass is 16.7. The summed E-state index contributed by atoms with van der Waals surface area (Å²) in [6.45, 7) is 10.1. The molecule has 2 aromatic rings. The van der Waals surface area contributed by atoms with Gasteiger partial charge in [0, 0.05) is 12.5 Å². The predicted molar refractivity (Wildman–Crippen MR) is 169 cm³/mol. The van der Waals surface area contributed by atoms with Gasteiger partial charge < -0.3 is 18.9 Å². The minimum Gasteiger partial charge on any atom is -0.462 e. The molecule has 0 radical (unpaired) electrons. The van der Waals surface area contributed by atoms with Crippen molar-refractivity contribution in [2.24, 2.45) is 5.92 Å². The third kappa shape index (κ3) is 14.9. The van der Waals surface area contributed by atoms with Crippen LogP contribution in [0.25, 0.3) is 0 Å². The van der Waals surface area contributed by atoms with E-state index in [2.05, 4.69) is 13.5 Å². The molecule has 0 heterocycles. The zero-order valence-electron chi connectivity index (χ0n) is 26.3. The van der Waals surface area contributed by atoms with Crippen molar-refractivity contribution in [2.45, 2.75) is 111 Å². The number of ether oxygens (including phenoxy) is 4. The van der Waals surface area contributed by atoms with Crippen LogP contribution in [0, 0.1) is 5.92 Å². The Bertz CT molecular complexity index is 1090. The second-order valence-electron chi connectivity index (χ2n) is 11.1. The van der Waals surface area contributed by atoms with E-state index in [1.807, 2.05) is 13.8 Å². The average molecular weight is 595 g/mol. The number of hydrogen-bond donors (Lipinski definition) is 0. The molecule has 0 bridgehead atoms. The largest absolute Gasteiger partial charge is 0.462 e. The molecule has 236 valence electrons. The van der Waals surface area contributed by atoms with Crippen molar-refractivity contribution in [1.82, 2.24) is 0 Å². The second-order valence-corrected chi connectivity index (χ2v) is 11.1. The predicted octanol–water partition coefficient (Wildman–Crippen LogP) is 9.24. The number of unbranched alkanes of at least 4 members (excludes halogenated alkanes) is 10. The van der Waals surface area contributed by atoms with Crippen LogP contribution in [0.1, 0.15) is 125 Å². The number of hydrogen-bond acceptors (Lipinski definition) is 7. The monoisotopic (exact) mass is 594 g/mol. The fourth-order valence-corrected chi connectivity index (χ4v) is 4.36. The Morgan fingerprint density at radius 1 is 0.721 bits per heavy atom.